The zero-order chi connectivity index (χ0) is 28.0. The van der Waals surface area contributed by atoms with Crippen molar-refractivity contribution in [1.82, 2.24) is 0 Å². The number of hydrogen-bond donors (Lipinski definition) is 1. The third-order valence-electron chi connectivity index (χ3n) is 7.45. The van der Waals surface area contributed by atoms with E-state index in [-0.39, 0.29) is 25.0 Å². The summed E-state index contributed by atoms with van der Waals surface area (Å²) in [5, 5.41) is 13.5. The van der Waals surface area contributed by atoms with Gasteiger partial charge in [0, 0.05) is 0 Å². The topological polar surface area (TPSA) is 47.9 Å². The molecule has 1 aliphatic heterocycles. The maximum atomic E-state index is 11.5. The van der Waals surface area contributed by atoms with Crippen molar-refractivity contribution in [2.45, 2.75) is 55.7 Å². The zero-order valence-corrected chi connectivity index (χ0v) is 26.1. The van der Waals surface area contributed by atoms with Crippen molar-refractivity contribution >= 4 is 38.1 Å². The van der Waals surface area contributed by atoms with Crippen LogP contribution < -0.4 is 14.8 Å². The Bertz CT molecular complexity index is 1280. The first kappa shape index (κ1) is 29.0. The second-order valence-electron chi connectivity index (χ2n) is 11.2. The molecule has 4 nitrogen and oxygen atoms in total. The minimum atomic E-state index is -2.76. The van der Waals surface area contributed by atoms with Crippen molar-refractivity contribution in [3.63, 3.8) is 0 Å². The van der Waals surface area contributed by atoms with Crippen LogP contribution in [0.15, 0.2) is 121 Å². The summed E-state index contributed by atoms with van der Waals surface area (Å²) in [4.78, 5) is 0. The van der Waals surface area contributed by atoms with Crippen LogP contribution in [0, 0.1) is 0 Å². The van der Waals surface area contributed by atoms with Gasteiger partial charge in [0.25, 0.3) is 0 Å². The van der Waals surface area contributed by atoms with Crippen LogP contribution >= 0.6 is 0 Å². The van der Waals surface area contributed by atoms with Crippen LogP contribution in [-0.2, 0) is 20.5 Å². The zero-order valence-electron chi connectivity index (χ0n) is 23.4. The van der Waals surface area contributed by atoms with E-state index in [2.05, 4.69) is 93.6 Å². The molecule has 208 valence electrons. The molecule has 6 heteroatoms. The molecule has 0 spiro atoms. The molecule has 1 N–H and O–H groups in total. The molecule has 5 rings (SSSR count). The van der Waals surface area contributed by atoms with E-state index in [1.54, 1.807) is 0 Å². The van der Waals surface area contributed by atoms with Crippen LogP contribution in [0.3, 0.4) is 0 Å². The van der Waals surface area contributed by atoms with Gasteiger partial charge in [-0.2, -0.15) is 0 Å². The van der Waals surface area contributed by atoms with Gasteiger partial charge in [0.2, 0.25) is 0 Å². The van der Waals surface area contributed by atoms with Crippen LogP contribution in [0.25, 0.3) is 0 Å². The van der Waals surface area contributed by atoms with Crippen molar-refractivity contribution in [2.75, 3.05) is 6.61 Å². The summed E-state index contributed by atoms with van der Waals surface area (Å²) in [6.45, 7) is 7.56. The molecule has 0 amide bonds. The Hall–Kier alpha value is -2.54. The number of aliphatic hydroxyl groups is 1. The molecule has 1 aliphatic rings. The third kappa shape index (κ3) is 6.34. The summed E-state index contributed by atoms with van der Waals surface area (Å²) in [7, 11) is -2.76. The number of aliphatic hydroxyl groups excluding tert-OH is 1. The fourth-order valence-electron chi connectivity index (χ4n) is 5.51. The molecule has 0 unspecified atom stereocenters. The molecule has 0 radical (unpaired) electrons. The van der Waals surface area contributed by atoms with Gasteiger partial charge in [0.1, 0.15) is 0 Å². The van der Waals surface area contributed by atoms with Gasteiger partial charge in [-0.3, -0.25) is 0 Å². The van der Waals surface area contributed by atoms with E-state index in [9.17, 15) is 5.11 Å². The third-order valence-corrected chi connectivity index (χ3v) is 14.9. The first-order valence-corrected chi connectivity index (χ1v) is 17.6. The fourth-order valence-corrected chi connectivity index (χ4v) is 12.3. The summed E-state index contributed by atoms with van der Waals surface area (Å²) in [6.07, 6.45) is -1.62. The molecular formula is C34H38O4SeSi. The number of benzene rings is 4. The van der Waals surface area contributed by atoms with Gasteiger partial charge in [-0.05, 0) is 0 Å². The van der Waals surface area contributed by atoms with Gasteiger partial charge in [-0.1, -0.05) is 0 Å². The summed E-state index contributed by atoms with van der Waals surface area (Å²) in [5.74, 6) is 0. The fraction of sp³-hybridized carbons (Fsp3) is 0.294. The Morgan fingerprint density at radius 3 is 1.77 bits per heavy atom. The van der Waals surface area contributed by atoms with Crippen molar-refractivity contribution < 1.29 is 19.0 Å². The second-order valence-corrected chi connectivity index (χ2v) is 18.0. The van der Waals surface area contributed by atoms with Crippen molar-refractivity contribution in [3.8, 4) is 0 Å². The van der Waals surface area contributed by atoms with E-state index in [4.69, 9.17) is 13.9 Å². The number of hydrogen-bond acceptors (Lipinski definition) is 4. The van der Waals surface area contributed by atoms with Crippen LogP contribution in [0.5, 0.6) is 0 Å². The number of rotatable bonds is 10. The summed E-state index contributed by atoms with van der Waals surface area (Å²) >= 11 is -0.0683. The average Bonchev–Trinajstić information content (AvgIpc) is 3.27. The van der Waals surface area contributed by atoms with Crippen molar-refractivity contribution in [2.24, 2.45) is 0 Å². The van der Waals surface area contributed by atoms with E-state index in [1.165, 1.54) is 14.8 Å². The molecule has 1 saturated heterocycles. The van der Waals surface area contributed by atoms with E-state index in [0.717, 1.165) is 5.56 Å². The standard InChI is InChI=1S/C34H38O4SeSi/c1-34(2,3)40(28-20-12-6-13-21-28,29-22-14-7-15-23-29)37-25-30-32(36-24-26-16-8-4-9-17-26)31(35)33(38-30)39-27-18-10-5-11-19-27/h4-23,30-33,35H,24-25H2,1-3H3/t30-,31+,32-,33-/m1/s1. The quantitative estimate of drug-likeness (QED) is 0.270. The van der Waals surface area contributed by atoms with Crippen LogP contribution in [-0.4, -0.2) is 58.3 Å². The van der Waals surface area contributed by atoms with Crippen molar-refractivity contribution in [3.05, 3.63) is 127 Å². The second kappa shape index (κ2) is 13.0. The van der Waals surface area contributed by atoms with Gasteiger partial charge in [0.15, 0.2) is 0 Å². The van der Waals surface area contributed by atoms with Gasteiger partial charge in [-0.25, -0.2) is 0 Å². The van der Waals surface area contributed by atoms with E-state index in [1.807, 2.05) is 48.5 Å². The molecule has 0 bridgehead atoms. The van der Waals surface area contributed by atoms with E-state index < -0.39 is 26.6 Å². The summed E-state index contributed by atoms with van der Waals surface area (Å²) in [5.41, 5.74) is 1.07. The van der Waals surface area contributed by atoms with Gasteiger partial charge >= 0.3 is 246 Å². The predicted molar refractivity (Wildman–Crippen MR) is 165 cm³/mol. The molecule has 0 aliphatic carbocycles. The average molecular weight is 618 g/mol. The molecular weight excluding hydrogens is 579 g/mol. The van der Waals surface area contributed by atoms with Gasteiger partial charge < -0.3 is 0 Å². The number of ether oxygens (including phenoxy) is 2. The summed E-state index contributed by atoms with van der Waals surface area (Å²) in [6, 6.07) is 41.6. The summed E-state index contributed by atoms with van der Waals surface area (Å²) < 4.78 is 21.4. The Balaban J connectivity index is 1.45. The van der Waals surface area contributed by atoms with Gasteiger partial charge in [-0.15, -0.1) is 0 Å². The Labute approximate surface area is 245 Å². The van der Waals surface area contributed by atoms with Crippen LogP contribution in [0.1, 0.15) is 26.3 Å². The van der Waals surface area contributed by atoms with Crippen molar-refractivity contribution in [1.29, 1.82) is 0 Å². The molecule has 0 aromatic heterocycles. The first-order chi connectivity index (χ1) is 19.4. The molecule has 40 heavy (non-hydrogen) atoms. The molecule has 1 fully saturated rings. The normalized spacial score (nSPS) is 21.4. The Morgan fingerprint density at radius 1 is 0.750 bits per heavy atom. The predicted octanol–water partition coefficient (Wildman–Crippen LogP) is 4.26. The molecule has 1 heterocycles. The maximum absolute atomic E-state index is 11.5. The van der Waals surface area contributed by atoms with E-state index >= 15 is 0 Å². The van der Waals surface area contributed by atoms with Gasteiger partial charge in [0.05, 0.1) is 0 Å². The molecule has 4 aromatic carbocycles. The van der Waals surface area contributed by atoms with Crippen LogP contribution in [0.4, 0.5) is 0 Å². The minimum absolute atomic E-state index is 0.0683. The van der Waals surface area contributed by atoms with Crippen LogP contribution in [0.2, 0.25) is 5.04 Å². The SMILES string of the molecule is CC(C)(C)[Si](OC[C@H]1O[C@H]([Se]c2ccccc2)[C@@H](O)[C@@H]1OCc1ccccc1)(c1ccccc1)c1ccccc1. The Kier molecular flexibility index (Phi) is 9.39. The van der Waals surface area contributed by atoms with E-state index in [0.29, 0.717) is 13.2 Å². The monoisotopic (exact) mass is 618 g/mol. The molecule has 0 saturated carbocycles. The Morgan fingerprint density at radius 2 is 1.25 bits per heavy atom. The first-order valence-electron chi connectivity index (χ1n) is 13.8. The molecule has 4 atom stereocenters. The molecule has 4 aromatic rings.